The lowest BCUT2D eigenvalue weighted by Crippen LogP contribution is -2.12. The Morgan fingerprint density at radius 2 is 1.69 bits per heavy atom. The second-order valence-corrected chi connectivity index (χ2v) is 7.16. The van der Waals surface area contributed by atoms with Gasteiger partial charge in [0.1, 0.15) is 5.01 Å². The molecule has 0 aliphatic heterocycles. The van der Waals surface area contributed by atoms with Gasteiger partial charge < -0.3 is 14.2 Å². The molecule has 1 amide bonds. The summed E-state index contributed by atoms with van der Waals surface area (Å²) in [6, 6.07) is 3.22. The monoisotopic (exact) mass is 377 g/mol. The van der Waals surface area contributed by atoms with Crippen LogP contribution in [-0.2, 0) is 0 Å². The number of ether oxygens (including phenoxy) is 3. The first-order chi connectivity index (χ1) is 12.7. The number of methoxy groups -OCH3 is 3. The zero-order valence-electron chi connectivity index (χ0n) is 15.2. The molecule has 0 bridgehead atoms. The third-order valence-corrected chi connectivity index (χ3v) is 5.54. The Balaban J connectivity index is 1.76. The zero-order chi connectivity index (χ0) is 18.5. The lowest BCUT2D eigenvalue weighted by atomic mass is 9.90. The number of benzene rings is 1. The fourth-order valence-electron chi connectivity index (χ4n) is 3.18. The highest BCUT2D eigenvalue weighted by molar-refractivity contribution is 7.15. The number of nitrogens with one attached hydrogen (secondary N) is 1. The molecule has 1 saturated carbocycles. The summed E-state index contributed by atoms with van der Waals surface area (Å²) in [7, 11) is 4.55. The summed E-state index contributed by atoms with van der Waals surface area (Å²) < 4.78 is 15.9. The Hall–Kier alpha value is -2.35. The Bertz CT molecular complexity index is 747. The van der Waals surface area contributed by atoms with E-state index in [1.807, 2.05) is 0 Å². The van der Waals surface area contributed by atoms with Crippen molar-refractivity contribution in [2.75, 3.05) is 26.6 Å². The standard InChI is InChI=1S/C18H23N3O4S/c1-23-13-9-12(10-14(24-2)15(13)25-3)16(22)19-18-21-20-17(26-18)11-7-5-4-6-8-11/h9-11H,4-8H2,1-3H3,(H,19,21,22). The molecular weight excluding hydrogens is 354 g/mol. The maximum Gasteiger partial charge on any atom is 0.257 e. The van der Waals surface area contributed by atoms with Crippen LogP contribution in [0.2, 0.25) is 0 Å². The van der Waals surface area contributed by atoms with Gasteiger partial charge in [-0.15, -0.1) is 10.2 Å². The number of anilines is 1. The van der Waals surface area contributed by atoms with Crippen molar-refractivity contribution in [1.29, 1.82) is 0 Å². The van der Waals surface area contributed by atoms with E-state index in [0.29, 0.717) is 33.9 Å². The van der Waals surface area contributed by atoms with Crippen LogP contribution in [0.3, 0.4) is 0 Å². The molecule has 26 heavy (non-hydrogen) atoms. The molecule has 0 spiro atoms. The number of carbonyl (C=O) groups excluding carboxylic acids is 1. The van der Waals surface area contributed by atoms with Gasteiger partial charge in [-0.1, -0.05) is 30.6 Å². The Kier molecular flexibility index (Phi) is 5.92. The van der Waals surface area contributed by atoms with Crippen molar-refractivity contribution in [2.45, 2.75) is 38.0 Å². The topological polar surface area (TPSA) is 82.6 Å². The van der Waals surface area contributed by atoms with Crippen LogP contribution in [0, 0.1) is 0 Å². The maximum absolute atomic E-state index is 12.6. The summed E-state index contributed by atoms with van der Waals surface area (Å²) in [5.41, 5.74) is 0.397. The van der Waals surface area contributed by atoms with E-state index in [2.05, 4.69) is 15.5 Å². The Morgan fingerprint density at radius 3 is 2.27 bits per heavy atom. The van der Waals surface area contributed by atoms with Crippen molar-refractivity contribution < 1.29 is 19.0 Å². The van der Waals surface area contributed by atoms with Crippen LogP contribution in [0.25, 0.3) is 0 Å². The average Bonchev–Trinajstić information content (AvgIpc) is 3.15. The summed E-state index contributed by atoms with van der Waals surface area (Å²) in [6.45, 7) is 0. The van der Waals surface area contributed by atoms with E-state index in [0.717, 1.165) is 17.8 Å². The first-order valence-corrected chi connectivity index (χ1v) is 9.42. The molecule has 1 heterocycles. The van der Waals surface area contributed by atoms with Gasteiger partial charge in [-0.2, -0.15) is 0 Å². The van der Waals surface area contributed by atoms with Crippen molar-refractivity contribution in [3.8, 4) is 17.2 Å². The predicted octanol–water partition coefficient (Wildman–Crippen LogP) is 3.86. The highest BCUT2D eigenvalue weighted by atomic mass is 32.1. The van der Waals surface area contributed by atoms with Gasteiger partial charge in [0.25, 0.3) is 5.91 Å². The number of amides is 1. The van der Waals surface area contributed by atoms with Crippen LogP contribution in [0.4, 0.5) is 5.13 Å². The van der Waals surface area contributed by atoms with E-state index in [1.165, 1.54) is 51.9 Å². The second kappa shape index (κ2) is 8.35. The molecule has 1 N–H and O–H groups in total. The number of hydrogen-bond acceptors (Lipinski definition) is 7. The number of carbonyl (C=O) groups is 1. The lowest BCUT2D eigenvalue weighted by molar-refractivity contribution is 0.102. The number of hydrogen-bond donors (Lipinski definition) is 1. The number of aromatic nitrogens is 2. The van der Waals surface area contributed by atoms with Crippen LogP contribution in [0.5, 0.6) is 17.2 Å². The van der Waals surface area contributed by atoms with Gasteiger partial charge in [0.2, 0.25) is 10.9 Å². The summed E-state index contributed by atoms with van der Waals surface area (Å²) in [6.07, 6.45) is 6.06. The van der Waals surface area contributed by atoms with E-state index >= 15 is 0 Å². The fraction of sp³-hybridized carbons (Fsp3) is 0.500. The molecule has 3 rings (SSSR count). The fourth-order valence-corrected chi connectivity index (χ4v) is 4.09. The normalized spacial score (nSPS) is 14.7. The first-order valence-electron chi connectivity index (χ1n) is 8.61. The molecule has 2 aromatic rings. The molecule has 0 atom stereocenters. The molecule has 8 heteroatoms. The minimum Gasteiger partial charge on any atom is -0.493 e. The van der Waals surface area contributed by atoms with Crippen molar-refractivity contribution in [3.63, 3.8) is 0 Å². The third-order valence-electron chi connectivity index (χ3n) is 4.54. The van der Waals surface area contributed by atoms with Gasteiger partial charge in [0.05, 0.1) is 21.3 Å². The van der Waals surface area contributed by atoms with Crippen molar-refractivity contribution in [2.24, 2.45) is 0 Å². The van der Waals surface area contributed by atoms with Gasteiger partial charge in [0.15, 0.2) is 11.5 Å². The number of nitrogens with zero attached hydrogens (tertiary/aromatic N) is 2. The van der Waals surface area contributed by atoms with E-state index in [4.69, 9.17) is 14.2 Å². The van der Waals surface area contributed by atoms with E-state index in [9.17, 15) is 4.79 Å². The molecule has 0 radical (unpaired) electrons. The summed E-state index contributed by atoms with van der Waals surface area (Å²) in [5.74, 6) is 1.47. The molecule has 0 saturated heterocycles. The molecule has 140 valence electrons. The van der Waals surface area contributed by atoms with Crippen LogP contribution in [0.15, 0.2) is 12.1 Å². The first kappa shape index (κ1) is 18.4. The summed E-state index contributed by atoms with van der Waals surface area (Å²) in [5, 5.41) is 12.7. The predicted molar refractivity (Wildman–Crippen MR) is 99.8 cm³/mol. The number of rotatable bonds is 6. The van der Waals surface area contributed by atoms with Gasteiger partial charge in [0, 0.05) is 11.5 Å². The highest BCUT2D eigenvalue weighted by Crippen LogP contribution is 2.39. The van der Waals surface area contributed by atoms with Crippen molar-refractivity contribution in [3.05, 3.63) is 22.7 Å². The van der Waals surface area contributed by atoms with Crippen molar-refractivity contribution in [1.82, 2.24) is 10.2 Å². The molecule has 1 aromatic heterocycles. The van der Waals surface area contributed by atoms with Crippen LogP contribution in [0.1, 0.15) is 53.4 Å². The third kappa shape index (κ3) is 3.90. The largest absolute Gasteiger partial charge is 0.493 e. The molecule has 7 nitrogen and oxygen atoms in total. The highest BCUT2D eigenvalue weighted by Gasteiger charge is 2.21. The van der Waals surface area contributed by atoms with Crippen molar-refractivity contribution >= 4 is 22.4 Å². The van der Waals surface area contributed by atoms with E-state index in [1.54, 1.807) is 12.1 Å². The molecule has 0 unspecified atom stereocenters. The molecule has 1 aliphatic rings. The van der Waals surface area contributed by atoms with Gasteiger partial charge in [-0.05, 0) is 25.0 Å². The quantitative estimate of drug-likeness (QED) is 0.823. The van der Waals surface area contributed by atoms with Crippen LogP contribution in [-0.4, -0.2) is 37.4 Å². The smallest absolute Gasteiger partial charge is 0.257 e. The van der Waals surface area contributed by atoms with Gasteiger partial charge in [-0.3, -0.25) is 10.1 Å². The average molecular weight is 377 g/mol. The summed E-state index contributed by atoms with van der Waals surface area (Å²) in [4.78, 5) is 12.6. The minimum atomic E-state index is -0.296. The van der Waals surface area contributed by atoms with E-state index < -0.39 is 0 Å². The minimum absolute atomic E-state index is 0.296. The summed E-state index contributed by atoms with van der Waals surface area (Å²) >= 11 is 1.45. The molecular formula is C18H23N3O4S. The molecule has 1 fully saturated rings. The Labute approximate surface area is 156 Å². The van der Waals surface area contributed by atoms with Gasteiger partial charge >= 0.3 is 0 Å². The van der Waals surface area contributed by atoms with Gasteiger partial charge in [-0.25, -0.2) is 0 Å². The molecule has 1 aromatic carbocycles. The second-order valence-electron chi connectivity index (χ2n) is 6.15. The van der Waals surface area contributed by atoms with Crippen LogP contribution >= 0.6 is 11.3 Å². The Morgan fingerprint density at radius 1 is 1.04 bits per heavy atom. The lowest BCUT2D eigenvalue weighted by Gasteiger charge is -2.18. The van der Waals surface area contributed by atoms with E-state index in [-0.39, 0.29) is 5.91 Å². The molecule has 1 aliphatic carbocycles. The SMILES string of the molecule is COc1cc(C(=O)Nc2nnc(C3CCCCC3)s2)cc(OC)c1OC. The maximum atomic E-state index is 12.6. The van der Waals surface area contributed by atoms with Crippen LogP contribution < -0.4 is 19.5 Å². The zero-order valence-corrected chi connectivity index (χ0v) is 16.0.